The van der Waals surface area contributed by atoms with Gasteiger partial charge >= 0.3 is 0 Å². The third-order valence-corrected chi connectivity index (χ3v) is 1.45. The summed E-state index contributed by atoms with van der Waals surface area (Å²) in [6.45, 7) is 0. The standard InChI is InChI=1S/C6H11NO6/c7-6(13)5(12)4(11)3(10)2(9)1-8/h1-5,9-12H,(H2,7,13)/t2-,3-,4+,5+/m1/s1. The molecule has 0 aromatic heterocycles. The number of amides is 1. The highest BCUT2D eigenvalue weighted by Crippen LogP contribution is 2.03. The topological polar surface area (TPSA) is 141 Å². The number of aliphatic hydroxyl groups excluding tert-OH is 4. The van der Waals surface area contributed by atoms with Crippen LogP contribution in [0, 0.1) is 0 Å². The van der Waals surface area contributed by atoms with Gasteiger partial charge in [-0.1, -0.05) is 0 Å². The van der Waals surface area contributed by atoms with Crippen LogP contribution in [-0.4, -0.2) is 57.0 Å². The smallest absolute Gasteiger partial charge is 0.249 e. The molecule has 0 saturated carbocycles. The van der Waals surface area contributed by atoms with Gasteiger partial charge in [0.1, 0.15) is 18.3 Å². The second kappa shape index (κ2) is 4.87. The van der Waals surface area contributed by atoms with E-state index in [1.165, 1.54) is 0 Å². The number of primary amides is 1. The van der Waals surface area contributed by atoms with Crippen LogP contribution >= 0.6 is 0 Å². The summed E-state index contributed by atoms with van der Waals surface area (Å²) in [6, 6.07) is 0. The number of aliphatic hydroxyl groups is 4. The Hall–Kier alpha value is -1.02. The Balaban J connectivity index is 4.32. The molecule has 0 bridgehead atoms. The van der Waals surface area contributed by atoms with Crippen molar-refractivity contribution in [1.82, 2.24) is 0 Å². The first-order chi connectivity index (χ1) is 5.91. The largest absolute Gasteiger partial charge is 0.387 e. The quantitative estimate of drug-likeness (QED) is 0.283. The summed E-state index contributed by atoms with van der Waals surface area (Å²) >= 11 is 0. The van der Waals surface area contributed by atoms with E-state index in [2.05, 4.69) is 5.73 Å². The van der Waals surface area contributed by atoms with Gasteiger partial charge in [0.2, 0.25) is 5.91 Å². The van der Waals surface area contributed by atoms with Crippen LogP contribution in [0.2, 0.25) is 0 Å². The number of hydrogen-bond donors (Lipinski definition) is 5. The van der Waals surface area contributed by atoms with E-state index in [-0.39, 0.29) is 6.29 Å². The normalized spacial score (nSPS) is 20.0. The average Bonchev–Trinajstić information content (AvgIpc) is 2.12. The van der Waals surface area contributed by atoms with E-state index in [4.69, 9.17) is 20.4 Å². The Labute approximate surface area is 73.4 Å². The molecule has 0 radical (unpaired) electrons. The van der Waals surface area contributed by atoms with Crippen molar-refractivity contribution < 1.29 is 30.0 Å². The molecule has 0 aliphatic rings. The summed E-state index contributed by atoms with van der Waals surface area (Å²) in [5.74, 6) is -1.26. The van der Waals surface area contributed by atoms with Crippen LogP contribution in [0.25, 0.3) is 0 Å². The molecule has 0 unspecified atom stereocenters. The summed E-state index contributed by atoms with van der Waals surface area (Å²) in [4.78, 5) is 20.2. The van der Waals surface area contributed by atoms with E-state index in [0.29, 0.717) is 0 Å². The Morgan fingerprint density at radius 2 is 1.62 bits per heavy atom. The number of carbonyl (C=O) groups is 2. The fourth-order valence-electron chi connectivity index (χ4n) is 0.638. The second-order valence-electron chi connectivity index (χ2n) is 2.46. The van der Waals surface area contributed by atoms with Gasteiger partial charge in [0, 0.05) is 0 Å². The van der Waals surface area contributed by atoms with E-state index in [1.54, 1.807) is 0 Å². The Bertz CT molecular complexity index is 196. The molecule has 0 spiro atoms. The predicted molar refractivity (Wildman–Crippen MR) is 39.3 cm³/mol. The third kappa shape index (κ3) is 3.07. The summed E-state index contributed by atoms with van der Waals surface area (Å²) in [5, 5.41) is 35.3. The molecule has 0 aromatic carbocycles. The minimum Gasteiger partial charge on any atom is -0.387 e. The molecule has 0 heterocycles. The van der Waals surface area contributed by atoms with Crippen LogP contribution < -0.4 is 5.73 Å². The van der Waals surface area contributed by atoms with E-state index in [9.17, 15) is 9.59 Å². The number of aldehydes is 1. The maximum Gasteiger partial charge on any atom is 0.249 e. The highest BCUT2D eigenvalue weighted by molar-refractivity contribution is 5.79. The zero-order valence-electron chi connectivity index (χ0n) is 6.57. The van der Waals surface area contributed by atoms with Crippen molar-refractivity contribution in [1.29, 1.82) is 0 Å². The lowest BCUT2D eigenvalue weighted by Gasteiger charge is -2.21. The summed E-state index contributed by atoms with van der Waals surface area (Å²) in [6.07, 6.45) is -7.87. The molecule has 4 atom stereocenters. The second-order valence-corrected chi connectivity index (χ2v) is 2.46. The van der Waals surface area contributed by atoms with Gasteiger partial charge in [-0.3, -0.25) is 4.79 Å². The molecule has 7 nitrogen and oxygen atoms in total. The van der Waals surface area contributed by atoms with Gasteiger partial charge in [-0.05, 0) is 0 Å². The predicted octanol–water partition coefficient (Wildman–Crippen LogP) is -3.89. The lowest BCUT2D eigenvalue weighted by Crippen LogP contribution is -2.49. The van der Waals surface area contributed by atoms with Gasteiger partial charge in [-0.25, -0.2) is 0 Å². The first-order valence-corrected chi connectivity index (χ1v) is 3.38. The third-order valence-electron chi connectivity index (χ3n) is 1.45. The van der Waals surface area contributed by atoms with Crippen molar-refractivity contribution in [3.63, 3.8) is 0 Å². The molecular weight excluding hydrogens is 182 g/mol. The monoisotopic (exact) mass is 193 g/mol. The Kier molecular flexibility index (Phi) is 4.49. The van der Waals surface area contributed by atoms with Crippen LogP contribution in [0.5, 0.6) is 0 Å². The van der Waals surface area contributed by atoms with Crippen LogP contribution in [-0.2, 0) is 9.59 Å². The molecule has 0 aliphatic heterocycles. The average molecular weight is 193 g/mol. The molecule has 7 heteroatoms. The Morgan fingerprint density at radius 1 is 1.15 bits per heavy atom. The number of carbonyl (C=O) groups excluding carboxylic acids is 2. The molecule has 13 heavy (non-hydrogen) atoms. The van der Waals surface area contributed by atoms with Crippen molar-refractivity contribution in [2.45, 2.75) is 24.4 Å². The lowest BCUT2D eigenvalue weighted by molar-refractivity contribution is -0.147. The SMILES string of the molecule is NC(=O)[C@@H](O)[C@@H](O)[C@H](O)[C@H](O)C=O. The molecule has 76 valence electrons. The lowest BCUT2D eigenvalue weighted by atomic mass is 10.0. The van der Waals surface area contributed by atoms with Crippen LogP contribution in [0.1, 0.15) is 0 Å². The van der Waals surface area contributed by atoms with E-state index >= 15 is 0 Å². The Morgan fingerprint density at radius 3 is 1.92 bits per heavy atom. The zero-order chi connectivity index (χ0) is 10.6. The van der Waals surface area contributed by atoms with Gasteiger partial charge in [0.15, 0.2) is 12.4 Å². The first-order valence-electron chi connectivity index (χ1n) is 3.38. The fourth-order valence-corrected chi connectivity index (χ4v) is 0.638. The minimum atomic E-state index is -2.02. The van der Waals surface area contributed by atoms with Crippen LogP contribution in [0.3, 0.4) is 0 Å². The van der Waals surface area contributed by atoms with E-state index < -0.39 is 30.3 Å². The number of hydrogen-bond acceptors (Lipinski definition) is 6. The molecule has 0 saturated heterocycles. The molecule has 6 N–H and O–H groups in total. The van der Waals surface area contributed by atoms with Gasteiger partial charge in [0.05, 0.1) is 0 Å². The van der Waals surface area contributed by atoms with Gasteiger partial charge < -0.3 is 31.0 Å². The number of nitrogens with two attached hydrogens (primary N) is 1. The molecule has 0 aromatic rings. The van der Waals surface area contributed by atoms with Crippen LogP contribution in [0.15, 0.2) is 0 Å². The van der Waals surface area contributed by atoms with Crippen molar-refractivity contribution in [2.75, 3.05) is 0 Å². The molecule has 1 amide bonds. The maximum atomic E-state index is 10.3. The van der Waals surface area contributed by atoms with Crippen molar-refractivity contribution in [3.05, 3.63) is 0 Å². The molecular formula is C6H11NO6. The molecule has 0 fully saturated rings. The minimum absolute atomic E-state index is 0.0401. The van der Waals surface area contributed by atoms with Gasteiger partial charge in [-0.2, -0.15) is 0 Å². The molecule has 0 rings (SSSR count). The van der Waals surface area contributed by atoms with E-state index in [1.807, 2.05) is 0 Å². The first kappa shape index (κ1) is 12.0. The van der Waals surface area contributed by atoms with Crippen molar-refractivity contribution >= 4 is 12.2 Å². The highest BCUT2D eigenvalue weighted by Gasteiger charge is 2.32. The zero-order valence-corrected chi connectivity index (χ0v) is 6.57. The summed E-state index contributed by atoms with van der Waals surface area (Å²) in [5.41, 5.74) is 4.59. The highest BCUT2D eigenvalue weighted by atomic mass is 16.4. The summed E-state index contributed by atoms with van der Waals surface area (Å²) < 4.78 is 0. The fraction of sp³-hybridized carbons (Fsp3) is 0.667. The van der Waals surface area contributed by atoms with Crippen LogP contribution in [0.4, 0.5) is 0 Å². The van der Waals surface area contributed by atoms with Crippen molar-refractivity contribution in [2.24, 2.45) is 5.73 Å². The molecule has 0 aliphatic carbocycles. The van der Waals surface area contributed by atoms with Crippen molar-refractivity contribution in [3.8, 4) is 0 Å². The van der Waals surface area contributed by atoms with Gasteiger partial charge in [-0.15, -0.1) is 0 Å². The number of rotatable bonds is 5. The van der Waals surface area contributed by atoms with E-state index in [0.717, 1.165) is 0 Å². The van der Waals surface area contributed by atoms with Gasteiger partial charge in [0.25, 0.3) is 0 Å². The summed E-state index contributed by atoms with van der Waals surface area (Å²) in [7, 11) is 0. The maximum absolute atomic E-state index is 10.3.